The monoisotopic (exact) mass is 245 g/mol. The van der Waals surface area contributed by atoms with E-state index in [9.17, 15) is 8.42 Å². The molecular formula is C10H17N2O3S+. The summed E-state index contributed by atoms with van der Waals surface area (Å²) in [6, 6.07) is 0.437. The normalized spacial score (nSPS) is 11.8. The van der Waals surface area contributed by atoms with E-state index in [1.165, 1.54) is 6.08 Å². The summed E-state index contributed by atoms with van der Waals surface area (Å²) in [5.74, 6) is -0.198. The van der Waals surface area contributed by atoms with Crippen LogP contribution < -0.4 is 8.75 Å². The van der Waals surface area contributed by atoms with Crippen LogP contribution in [-0.2, 0) is 17.2 Å². The number of imidazole rings is 1. The van der Waals surface area contributed by atoms with Gasteiger partial charge in [0.15, 0.2) is 0 Å². The Morgan fingerprint density at radius 3 is 2.75 bits per heavy atom. The summed E-state index contributed by atoms with van der Waals surface area (Å²) in [5, 5.41) is 0. The molecule has 1 rings (SSSR count). The van der Waals surface area contributed by atoms with Gasteiger partial charge in [-0.3, -0.25) is 0 Å². The minimum atomic E-state index is -3.59. The van der Waals surface area contributed by atoms with Crippen molar-refractivity contribution in [2.45, 2.75) is 19.9 Å². The first kappa shape index (κ1) is 12.8. The third-order valence-electron chi connectivity index (χ3n) is 2.05. The summed E-state index contributed by atoms with van der Waals surface area (Å²) in [5.41, 5.74) is 0. The number of hydrogen-bond donors (Lipinski definition) is 0. The van der Waals surface area contributed by atoms with Crippen LogP contribution in [0, 0.1) is 0 Å². The Balaban J connectivity index is 3.05. The Morgan fingerprint density at radius 1 is 1.62 bits per heavy atom. The van der Waals surface area contributed by atoms with Gasteiger partial charge in [-0.15, -0.1) is 6.58 Å². The van der Waals surface area contributed by atoms with Crippen molar-refractivity contribution in [1.82, 2.24) is 4.57 Å². The van der Waals surface area contributed by atoms with Gasteiger partial charge in [-0.25, -0.2) is 0 Å². The maximum atomic E-state index is 11.5. The largest absolute Gasteiger partial charge is 0.472 e. The summed E-state index contributed by atoms with van der Waals surface area (Å²) in [4.78, 5) is 0. The molecule has 0 N–H and O–H groups in total. The number of rotatable bonds is 5. The molecule has 0 aliphatic rings. The summed E-state index contributed by atoms with van der Waals surface area (Å²) in [6.07, 6.45) is 4.83. The van der Waals surface area contributed by atoms with Crippen molar-refractivity contribution in [2.24, 2.45) is 7.05 Å². The van der Waals surface area contributed by atoms with E-state index >= 15 is 0 Å². The smallest absolute Gasteiger partial charge is 0.308 e. The molecule has 0 radical (unpaired) electrons. The van der Waals surface area contributed by atoms with Crippen LogP contribution in [0.15, 0.2) is 25.0 Å². The zero-order chi connectivity index (χ0) is 12.3. The molecule has 0 aliphatic heterocycles. The average molecular weight is 245 g/mol. The first-order valence-corrected chi connectivity index (χ1v) is 6.54. The maximum Gasteiger partial charge on any atom is 0.472 e. The van der Waals surface area contributed by atoms with Crippen molar-refractivity contribution in [3.05, 3.63) is 25.0 Å². The van der Waals surface area contributed by atoms with Gasteiger partial charge in [0.05, 0.1) is 13.1 Å². The van der Waals surface area contributed by atoms with E-state index in [2.05, 4.69) is 6.58 Å². The molecular weight excluding hydrogens is 228 g/mol. The minimum absolute atomic E-state index is 0.134. The van der Waals surface area contributed by atoms with E-state index in [1.54, 1.807) is 28.6 Å². The Morgan fingerprint density at radius 2 is 2.25 bits per heavy atom. The first-order valence-electron chi connectivity index (χ1n) is 4.97. The molecule has 0 amide bonds. The first-order chi connectivity index (χ1) is 7.37. The van der Waals surface area contributed by atoms with Crippen molar-refractivity contribution in [3.63, 3.8) is 0 Å². The zero-order valence-corrected chi connectivity index (χ0v) is 10.6. The second-order valence-corrected chi connectivity index (χ2v) is 5.40. The molecule has 1 heterocycles. The van der Waals surface area contributed by atoms with E-state index in [4.69, 9.17) is 4.18 Å². The molecule has 0 atom stereocenters. The third-order valence-corrected chi connectivity index (χ3v) is 3.10. The molecule has 1 aromatic heterocycles. The molecule has 0 fully saturated rings. The van der Waals surface area contributed by atoms with Crippen molar-refractivity contribution in [1.29, 1.82) is 0 Å². The molecule has 0 bridgehead atoms. The van der Waals surface area contributed by atoms with Crippen molar-refractivity contribution >= 4 is 10.1 Å². The van der Waals surface area contributed by atoms with Gasteiger partial charge in [-0.1, -0.05) is 6.08 Å². The second kappa shape index (κ2) is 4.69. The molecule has 0 aromatic carbocycles. The average Bonchev–Trinajstić information content (AvgIpc) is 2.47. The predicted molar refractivity (Wildman–Crippen MR) is 60.6 cm³/mol. The van der Waals surface area contributed by atoms with E-state index in [-0.39, 0.29) is 11.8 Å². The molecule has 16 heavy (non-hydrogen) atoms. The number of nitrogens with zero attached hydrogens (tertiary/aromatic N) is 2. The SMILES string of the molecule is C=CCS(=O)(=O)Oc1n(C(C)C)cc[n+]1C. The highest BCUT2D eigenvalue weighted by Crippen LogP contribution is 2.14. The highest BCUT2D eigenvalue weighted by atomic mass is 32.2. The Kier molecular flexibility index (Phi) is 3.74. The lowest BCUT2D eigenvalue weighted by Gasteiger charge is -2.05. The summed E-state index contributed by atoms with van der Waals surface area (Å²) in [6.45, 7) is 7.29. The molecule has 1 aromatic rings. The Labute approximate surface area is 96.1 Å². The van der Waals surface area contributed by atoms with E-state index in [0.717, 1.165) is 0 Å². The number of aryl methyl sites for hydroxylation is 1. The summed E-state index contributed by atoms with van der Waals surface area (Å²) >= 11 is 0. The van der Waals surface area contributed by atoms with Crippen LogP contribution in [0.5, 0.6) is 6.01 Å². The van der Waals surface area contributed by atoms with Gasteiger partial charge < -0.3 is 4.18 Å². The van der Waals surface area contributed by atoms with E-state index < -0.39 is 10.1 Å². The fraction of sp³-hybridized carbons (Fsp3) is 0.500. The summed E-state index contributed by atoms with van der Waals surface area (Å²) < 4.78 is 31.4. The topological polar surface area (TPSA) is 52.2 Å². The lowest BCUT2D eigenvalue weighted by molar-refractivity contribution is -0.674. The molecule has 0 spiro atoms. The van der Waals surface area contributed by atoms with Crippen LogP contribution in [0.1, 0.15) is 19.9 Å². The third kappa shape index (κ3) is 2.85. The van der Waals surface area contributed by atoms with Gasteiger partial charge in [0, 0.05) is 0 Å². The highest BCUT2D eigenvalue weighted by Gasteiger charge is 2.24. The molecule has 0 saturated heterocycles. The van der Waals surface area contributed by atoms with Crippen LogP contribution in [0.3, 0.4) is 0 Å². The summed E-state index contributed by atoms with van der Waals surface area (Å²) in [7, 11) is -1.86. The molecule has 0 saturated carbocycles. The fourth-order valence-electron chi connectivity index (χ4n) is 1.27. The van der Waals surface area contributed by atoms with Gasteiger partial charge >= 0.3 is 16.1 Å². The van der Waals surface area contributed by atoms with Gasteiger partial charge in [0.25, 0.3) is 0 Å². The minimum Gasteiger partial charge on any atom is -0.308 e. The number of hydrogen-bond acceptors (Lipinski definition) is 3. The Bertz CT molecular complexity index is 474. The lowest BCUT2D eigenvalue weighted by atomic mass is 10.4. The standard InChI is InChI=1S/C10H17N2O3S/c1-5-8-16(13,14)15-10-11(4)6-7-12(10)9(2)3/h5-7,9H,1,8H2,2-4H3/q+1. The van der Waals surface area contributed by atoms with Crippen LogP contribution >= 0.6 is 0 Å². The molecule has 6 heteroatoms. The van der Waals surface area contributed by atoms with Crippen LogP contribution in [0.25, 0.3) is 0 Å². The predicted octanol–water partition coefficient (Wildman–Crippen LogP) is 0.788. The Hall–Kier alpha value is -1.30. The van der Waals surface area contributed by atoms with E-state index in [0.29, 0.717) is 6.01 Å². The van der Waals surface area contributed by atoms with Crippen molar-refractivity contribution in [3.8, 4) is 6.01 Å². The maximum absolute atomic E-state index is 11.5. The quantitative estimate of drug-likeness (QED) is 0.438. The molecule has 0 aliphatic carbocycles. The highest BCUT2D eigenvalue weighted by molar-refractivity contribution is 7.87. The fourth-order valence-corrected chi connectivity index (χ4v) is 2.06. The van der Waals surface area contributed by atoms with Gasteiger partial charge in [-0.05, 0) is 13.8 Å². The van der Waals surface area contributed by atoms with E-state index in [1.807, 2.05) is 13.8 Å². The van der Waals surface area contributed by atoms with Crippen molar-refractivity contribution < 1.29 is 17.2 Å². The molecule has 5 nitrogen and oxygen atoms in total. The second-order valence-electron chi connectivity index (χ2n) is 3.79. The van der Waals surface area contributed by atoms with Crippen LogP contribution in [-0.4, -0.2) is 18.7 Å². The lowest BCUT2D eigenvalue weighted by Crippen LogP contribution is -2.31. The van der Waals surface area contributed by atoms with Gasteiger partial charge in [-0.2, -0.15) is 17.6 Å². The molecule has 90 valence electrons. The zero-order valence-electron chi connectivity index (χ0n) is 9.75. The van der Waals surface area contributed by atoms with Crippen molar-refractivity contribution in [2.75, 3.05) is 5.75 Å². The van der Waals surface area contributed by atoms with Crippen LogP contribution in [0.4, 0.5) is 0 Å². The van der Waals surface area contributed by atoms with Gasteiger partial charge in [0.1, 0.15) is 18.1 Å². The van der Waals surface area contributed by atoms with Crippen LogP contribution in [0.2, 0.25) is 0 Å². The van der Waals surface area contributed by atoms with Gasteiger partial charge in [0.2, 0.25) is 0 Å². The molecule has 0 unspecified atom stereocenters. The number of aromatic nitrogens is 2.